The molecule has 1 fully saturated rings. The molecule has 2 aromatic rings. The molecule has 0 bridgehead atoms. The summed E-state index contributed by atoms with van der Waals surface area (Å²) in [6.07, 6.45) is 3.20. The monoisotopic (exact) mass is 423 g/mol. The fraction of sp³-hybridized carbons (Fsp3) is 0.440. The van der Waals surface area contributed by atoms with Gasteiger partial charge in [-0.3, -0.25) is 9.59 Å². The Morgan fingerprint density at radius 3 is 2.48 bits per heavy atom. The van der Waals surface area contributed by atoms with Crippen molar-refractivity contribution in [1.82, 2.24) is 4.90 Å². The second kappa shape index (κ2) is 10.8. The summed E-state index contributed by atoms with van der Waals surface area (Å²) in [5.41, 5.74) is 2.08. The lowest BCUT2D eigenvalue weighted by Crippen LogP contribution is -2.37. The van der Waals surface area contributed by atoms with Gasteiger partial charge in [0.15, 0.2) is 0 Å². The standard InChI is InChI=1S/C25H33N3O3/c1-4-19(3)31-23-10-8-21(9-11-23)26-17-24(29)27-22-7-5-6-20(16-22)25(30)28-14-12-18(2)13-15-28/h5-11,16,18-19,26H,4,12-15,17H2,1-3H3,(H,27,29). The smallest absolute Gasteiger partial charge is 0.253 e. The first-order valence-corrected chi connectivity index (χ1v) is 11.1. The number of carbonyl (C=O) groups is 2. The molecule has 31 heavy (non-hydrogen) atoms. The second-order valence-corrected chi connectivity index (χ2v) is 8.32. The van der Waals surface area contributed by atoms with E-state index in [2.05, 4.69) is 24.5 Å². The highest BCUT2D eigenvalue weighted by atomic mass is 16.5. The van der Waals surface area contributed by atoms with Gasteiger partial charge in [0.25, 0.3) is 5.91 Å². The van der Waals surface area contributed by atoms with Crippen molar-refractivity contribution < 1.29 is 14.3 Å². The molecule has 1 unspecified atom stereocenters. The van der Waals surface area contributed by atoms with Crippen LogP contribution in [0.4, 0.5) is 11.4 Å². The Morgan fingerprint density at radius 1 is 1.10 bits per heavy atom. The van der Waals surface area contributed by atoms with Crippen LogP contribution in [0.1, 0.15) is 50.4 Å². The fourth-order valence-electron chi connectivity index (χ4n) is 3.48. The quantitative estimate of drug-likeness (QED) is 0.641. The van der Waals surface area contributed by atoms with Crippen molar-refractivity contribution in [3.8, 4) is 5.75 Å². The molecule has 1 aliphatic heterocycles. The Hall–Kier alpha value is -3.02. The molecule has 0 radical (unpaired) electrons. The van der Waals surface area contributed by atoms with Crippen LogP contribution in [0.2, 0.25) is 0 Å². The first-order chi connectivity index (χ1) is 14.9. The molecular formula is C25H33N3O3. The molecule has 6 nitrogen and oxygen atoms in total. The lowest BCUT2D eigenvalue weighted by Gasteiger charge is -2.30. The van der Waals surface area contributed by atoms with Crippen LogP contribution in [-0.4, -0.2) is 42.5 Å². The van der Waals surface area contributed by atoms with Crippen molar-refractivity contribution in [2.75, 3.05) is 30.3 Å². The minimum Gasteiger partial charge on any atom is -0.491 e. The van der Waals surface area contributed by atoms with Gasteiger partial charge in [-0.15, -0.1) is 0 Å². The SMILES string of the molecule is CCC(C)Oc1ccc(NCC(=O)Nc2cccc(C(=O)N3CCC(C)CC3)c2)cc1. The topological polar surface area (TPSA) is 70.7 Å². The molecule has 0 saturated carbocycles. The number of likely N-dealkylation sites (tertiary alicyclic amines) is 1. The van der Waals surface area contributed by atoms with Gasteiger partial charge in [0, 0.05) is 30.0 Å². The average Bonchev–Trinajstić information content (AvgIpc) is 2.78. The molecule has 2 aromatic carbocycles. The Bertz CT molecular complexity index is 874. The van der Waals surface area contributed by atoms with E-state index in [0.717, 1.165) is 43.8 Å². The minimum absolute atomic E-state index is 0.0285. The molecule has 3 rings (SSSR count). The zero-order valence-electron chi connectivity index (χ0n) is 18.7. The third-order valence-electron chi connectivity index (χ3n) is 5.68. The first-order valence-electron chi connectivity index (χ1n) is 11.1. The summed E-state index contributed by atoms with van der Waals surface area (Å²) in [4.78, 5) is 27.0. The lowest BCUT2D eigenvalue weighted by atomic mass is 9.98. The predicted molar refractivity (Wildman–Crippen MR) is 125 cm³/mol. The number of rotatable bonds is 8. The first kappa shape index (κ1) is 22.7. The molecule has 166 valence electrons. The van der Waals surface area contributed by atoms with Gasteiger partial charge in [0.2, 0.25) is 5.91 Å². The summed E-state index contributed by atoms with van der Waals surface area (Å²) in [6.45, 7) is 8.06. The van der Waals surface area contributed by atoms with Crippen molar-refractivity contribution in [3.05, 3.63) is 54.1 Å². The fourth-order valence-corrected chi connectivity index (χ4v) is 3.48. The number of nitrogens with zero attached hydrogens (tertiary/aromatic N) is 1. The molecule has 0 aliphatic carbocycles. The number of amides is 2. The Kier molecular flexibility index (Phi) is 7.93. The van der Waals surface area contributed by atoms with Crippen LogP contribution in [-0.2, 0) is 4.79 Å². The van der Waals surface area contributed by atoms with Crippen LogP contribution in [0.25, 0.3) is 0 Å². The van der Waals surface area contributed by atoms with Crippen LogP contribution < -0.4 is 15.4 Å². The average molecular weight is 424 g/mol. The minimum atomic E-state index is -0.170. The van der Waals surface area contributed by atoms with Gasteiger partial charge in [0.1, 0.15) is 5.75 Å². The second-order valence-electron chi connectivity index (χ2n) is 8.32. The number of benzene rings is 2. The number of nitrogens with one attached hydrogen (secondary N) is 2. The van der Waals surface area contributed by atoms with Gasteiger partial charge in [-0.25, -0.2) is 0 Å². The van der Waals surface area contributed by atoms with E-state index >= 15 is 0 Å². The maximum Gasteiger partial charge on any atom is 0.253 e. The van der Waals surface area contributed by atoms with E-state index in [9.17, 15) is 9.59 Å². The van der Waals surface area contributed by atoms with Crippen molar-refractivity contribution in [2.24, 2.45) is 5.92 Å². The molecule has 0 spiro atoms. The molecular weight excluding hydrogens is 390 g/mol. The van der Waals surface area contributed by atoms with Crippen molar-refractivity contribution in [1.29, 1.82) is 0 Å². The van der Waals surface area contributed by atoms with Gasteiger partial charge < -0.3 is 20.3 Å². The summed E-state index contributed by atoms with van der Waals surface area (Å²) in [5, 5.41) is 5.98. The summed E-state index contributed by atoms with van der Waals surface area (Å²) >= 11 is 0. The van der Waals surface area contributed by atoms with Crippen LogP contribution in [0.5, 0.6) is 5.75 Å². The van der Waals surface area contributed by atoms with E-state index in [0.29, 0.717) is 17.2 Å². The zero-order chi connectivity index (χ0) is 22.2. The van der Waals surface area contributed by atoms with Crippen molar-refractivity contribution in [3.63, 3.8) is 0 Å². The number of piperidine rings is 1. The highest BCUT2D eigenvalue weighted by molar-refractivity contribution is 5.98. The molecule has 1 heterocycles. The molecule has 2 amide bonds. The maximum absolute atomic E-state index is 12.8. The lowest BCUT2D eigenvalue weighted by molar-refractivity contribution is -0.114. The van der Waals surface area contributed by atoms with Crippen LogP contribution in [0.15, 0.2) is 48.5 Å². The summed E-state index contributed by atoms with van der Waals surface area (Å²) in [7, 11) is 0. The number of carbonyl (C=O) groups excluding carboxylic acids is 2. The van der Waals surface area contributed by atoms with E-state index in [-0.39, 0.29) is 24.5 Å². The van der Waals surface area contributed by atoms with E-state index in [1.165, 1.54) is 0 Å². The van der Waals surface area contributed by atoms with E-state index < -0.39 is 0 Å². The van der Waals surface area contributed by atoms with Gasteiger partial charge in [0.05, 0.1) is 12.6 Å². The molecule has 1 aliphatic rings. The Labute approximate surface area is 185 Å². The molecule has 0 aromatic heterocycles. The zero-order valence-corrected chi connectivity index (χ0v) is 18.7. The number of anilines is 2. The normalized spacial score (nSPS) is 15.3. The summed E-state index contributed by atoms with van der Waals surface area (Å²) < 4.78 is 5.76. The van der Waals surface area contributed by atoms with E-state index in [1.807, 2.05) is 36.1 Å². The van der Waals surface area contributed by atoms with Crippen LogP contribution in [0, 0.1) is 5.92 Å². The third kappa shape index (κ3) is 6.74. The maximum atomic E-state index is 12.8. The van der Waals surface area contributed by atoms with Crippen LogP contribution >= 0.6 is 0 Å². The molecule has 2 N–H and O–H groups in total. The van der Waals surface area contributed by atoms with Crippen molar-refractivity contribution >= 4 is 23.2 Å². The largest absolute Gasteiger partial charge is 0.491 e. The summed E-state index contributed by atoms with van der Waals surface area (Å²) in [6, 6.07) is 14.7. The number of hydrogen-bond donors (Lipinski definition) is 2. The Balaban J connectivity index is 1.50. The number of ether oxygens (including phenoxy) is 1. The molecule has 1 atom stereocenters. The summed E-state index contributed by atoms with van der Waals surface area (Å²) in [5.74, 6) is 1.34. The highest BCUT2D eigenvalue weighted by Crippen LogP contribution is 2.20. The molecule has 1 saturated heterocycles. The van der Waals surface area contributed by atoms with Gasteiger partial charge in [-0.2, -0.15) is 0 Å². The highest BCUT2D eigenvalue weighted by Gasteiger charge is 2.21. The van der Waals surface area contributed by atoms with Crippen molar-refractivity contribution in [2.45, 2.75) is 46.1 Å². The predicted octanol–water partition coefficient (Wildman–Crippen LogP) is 4.79. The molecule has 6 heteroatoms. The Morgan fingerprint density at radius 2 is 1.81 bits per heavy atom. The van der Waals surface area contributed by atoms with Gasteiger partial charge >= 0.3 is 0 Å². The van der Waals surface area contributed by atoms with Gasteiger partial charge in [-0.1, -0.05) is 19.9 Å². The van der Waals surface area contributed by atoms with Gasteiger partial charge in [-0.05, 0) is 74.6 Å². The number of hydrogen-bond acceptors (Lipinski definition) is 4. The third-order valence-corrected chi connectivity index (χ3v) is 5.68. The van der Waals surface area contributed by atoms with Crippen LogP contribution in [0.3, 0.4) is 0 Å². The van der Waals surface area contributed by atoms with E-state index in [4.69, 9.17) is 4.74 Å². The van der Waals surface area contributed by atoms with E-state index in [1.54, 1.807) is 24.3 Å².